The standard InChI is InChI=1S/C16H28O5/c1-3-4-9-21-16(19)13(8-10-20-2)11-12-6-5-7-14(12)15(17)18/h12-14H,3-11H2,1-2H3,(H,17,18)/t12-,13?,14+/m0/s1. The molecule has 0 radical (unpaired) electrons. The number of carboxylic acid groups (broad SMARTS) is 1. The van der Waals surface area contributed by atoms with Gasteiger partial charge in [-0.1, -0.05) is 19.8 Å². The van der Waals surface area contributed by atoms with E-state index in [1.165, 1.54) is 0 Å². The highest BCUT2D eigenvalue weighted by Crippen LogP contribution is 2.37. The monoisotopic (exact) mass is 300 g/mol. The number of hydrogen-bond acceptors (Lipinski definition) is 4. The third-order valence-electron chi connectivity index (χ3n) is 4.31. The first-order valence-corrected chi connectivity index (χ1v) is 7.98. The molecule has 0 aromatic carbocycles. The summed E-state index contributed by atoms with van der Waals surface area (Å²) in [6.45, 7) is 3.00. The van der Waals surface area contributed by atoms with Crippen molar-refractivity contribution in [3.8, 4) is 0 Å². The Bertz CT molecular complexity index is 329. The molecule has 1 N–H and O–H groups in total. The predicted octanol–water partition coefficient (Wildman–Crippen LogP) is 2.87. The minimum Gasteiger partial charge on any atom is -0.481 e. The Kier molecular flexibility index (Phi) is 8.35. The number of carbonyl (C=O) groups excluding carboxylic acids is 1. The summed E-state index contributed by atoms with van der Waals surface area (Å²) in [7, 11) is 1.61. The molecule has 0 heterocycles. The maximum Gasteiger partial charge on any atom is 0.309 e. The fraction of sp³-hybridized carbons (Fsp3) is 0.875. The smallest absolute Gasteiger partial charge is 0.309 e. The molecule has 5 heteroatoms. The zero-order valence-electron chi connectivity index (χ0n) is 13.2. The number of carboxylic acids is 1. The summed E-state index contributed by atoms with van der Waals surface area (Å²) in [6, 6.07) is 0. The molecule has 0 aromatic rings. The summed E-state index contributed by atoms with van der Waals surface area (Å²) in [5.41, 5.74) is 0. The fourth-order valence-electron chi connectivity index (χ4n) is 3.04. The van der Waals surface area contributed by atoms with Crippen LogP contribution in [0.5, 0.6) is 0 Å². The van der Waals surface area contributed by atoms with Crippen molar-refractivity contribution in [3.05, 3.63) is 0 Å². The molecule has 1 aliphatic carbocycles. The molecule has 1 fully saturated rings. The molecule has 0 saturated heterocycles. The van der Waals surface area contributed by atoms with Crippen molar-refractivity contribution in [1.29, 1.82) is 0 Å². The SMILES string of the molecule is CCCCOC(=O)C(CCOC)C[C@@H]1CCC[C@H]1C(=O)O. The number of hydrogen-bond donors (Lipinski definition) is 1. The van der Waals surface area contributed by atoms with Crippen molar-refractivity contribution < 1.29 is 24.2 Å². The molecule has 1 unspecified atom stereocenters. The molecule has 1 aliphatic rings. The molecular formula is C16H28O5. The normalized spacial score (nSPS) is 23.0. The highest BCUT2D eigenvalue weighted by Gasteiger charge is 2.36. The Morgan fingerprint density at radius 1 is 1.29 bits per heavy atom. The first-order chi connectivity index (χ1) is 10.1. The van der Waals surface area contributed by atoms with E-state index in [0.717, 1.165) is 32.1 Å². The molecule has 1 saturated carbocycles. The molecule has 0 aromatic heterocycles. The molecule has 122 valence electrons. The average molecular weight is 300 g/mol. The molecule has 3 atom stereocenters. The summed E-state index contributed by atoms with van der Waals surface area (Å²) in [5.74, 6) is -1.40. The van der Waals surface area contributed by atoms with Crippen LogP contribution in [0, 0.1) is 17.8 Å². The quantitative estimate of drug-likeness (QED) is 0.496. The summed E-state index contributed by atoms with van der Waals surface area (Å²) >= 11 is 0. The van der Waals surface area contributed by atoms with Gasteiger partial charge in [0, 0.05) is 13.7 Å². The highest BCUT2D eigenvalue weighted by atomic mass is 16.5. The van der Waals surface area contributed by atoms with Gasteiger partial charge >= 0.3 is 11.9 Å². The number of aliphatic carboxylic acids is 1. The molecule has 21 heavy (non-hydrogen) atoms. The minimum atomic E-state index is -0.734. The Balaban J connectivity index is 2.55. The first-order valence-electron chi connectivity index (χ1n) is 7.98. The van der Waals surface area contributed by atoms with Gasteiger partial charge in [-0.3, -0.25) is 9.59 Å². The first kappa shape index (κ1) is 18.0. The van der Waals surface area contributed by atoms with Crippen LogP contribution >= 0.6 is 0 Å². The van der Waals surface area contributed by atoms with E-state index in [2.05, 4.69) is 0 Å². The van der Waals surface area contributed by atoms with Crippen LogP contribution in [0.1, 0.15) is 51.9 Å². The maximum atomic E-state index is 12.2. The Morgan fingerprint density at radius 2 is 2.05 bits per heavy atom. The van der Waals surface area contributed by atoms with Crippen LogP contribution in [0.3, 0.4) is 0 Å². The van der Waals surface area contributed by atoms with Gasteiger partial charge in [0.25, 0.3) is 0 Å². The topological polar surface area (TPSA) is 72.8 Å². The Morgan fingerprint density at radius 3 is 2.67 bits per heavy atom. The van der Waals surface area contributed by atoms with Gasteiger partial charge in [-0.15, -0.1) is 0 Å². The lowest BCUT2D eigenvalue weighted by molar-refractivity contribution is -0.151. The fourth-order valence-corrected chi connectivity index (χ4v) is 3.04. The van der Waals surface area contributed by atoms with Crippen LogP contribution in [-0.2, 0) is 19.1 Å². The average Bonchev–Trinajstić information content (AvgIpc) is 2.91. The van der Waals surface area contributed by atoms with Crippen molar-refractivity contribution >= 4 is 11.9 Å². The van der Waals surface area contributed by atoms with Gasteiger partial charge in [0.05, 0.1) is 18.4 Å². The maximum absolute atomic E-state index is 12.2. The third-order valence-corrected chi connectivity index (χ3v) is 4.31. The molecule has 5 nitrogen and oxygen atoms in total. The Labute approximate surface area is 127 Å². The molecule has 0 amide bonds. The number of rotatable bonds is 10. The Hall–Kier alpha value is -1.10. The molecule has 1 rings (SSSR count). The van der Waals surface area contributed by atoms with E-state index in [0.29, 0.717) is 26.1 Å². The summed E-state index contributed by atoms with van der Waals surface area (Å²) in [4.78, 5) is 23.4. The zero-order valence-corrected chi connectivity index (χ0v) is 13.2. The van der Waals surface area contributed by atoms with Gasteiger partial charge in [0.15, 0.2) is 0 Å². The van der Waals surface area contributed by atoms with Crippen LogP contribution in [-0.4, -0.2) is 37.4 Å². The van der Waals surface area contributed by atoms with E-state index >= 15 is 0 Å². The van der Waals surface area contributed by atoms with Crippen molar-refractivity contribution in [2.45, 2.75) is 51.9 Å². The highest BCUT2D eigenvalue weighted by molar-refractivity contribution is 5.73. The summed E-state index contributed by atoms with van der Waals surface area (Å²) < 4.78 is 10.4. The third kappa shape index (κ3) is 6.04. The second-order valence-electron chi connectivity index (χ2n) is 5.87. The number of methoxy groups -OCH3 is 1. The van der Waals surface area contributed by atoms with Gasteiger partial charge in [-0.2, -0.15) is 0 Å². The molecule has 0 bridgehead atoms. The lowest BCUT2D eigenvalue weighted by atomic mass is 9.85. The van der Waals surface area contributed by atoms with Crippen molar-refractivity contribution in [1.82, 2.24) is 0 Å². The lowest BCUT2D eigenvalue weighted by Gasteiger charge is -2.22. The van der Waals surface area contributed by atoms with E-state index in [1.807, 2.05) is 6.92 Å². The van der Waals surface area contributed by atoms with E-state index < -0.39 is 5.97 Å². The largest absolute Gasteiger partial charge is 0.481 e. The molecule has 0 spiro atoms. The second-order valence-corrected chi connectivity index (χ2v) is 5.87. The van der Waals surface area contributed by atoms with Gasteiger partial charge in [-0.25, -0.2) is 0 Å². The van der Waals surface area contributed by atoms with Gasteiger partial charge < -0.3 is 14.6 Å². The molecule has 0 aliphatic heterocycles. The van der Waals surface area contributed by atoms with E-state index in [-0.39, 0.29) is 23.7 Å². The number of unbranched alkanes of at least 4 members (excludes halogenated alkanes) is 1. The number of carbonyl (C=O) groups is 2. The number of ether oxygens (including phenoxy) is 2. The van der Waals surface area contributed by atoms with E-state index in [4.69, 9.17) is 9.47 Å². The minimum absolute atomic E-state index is 0.0862. The van der Waals surface area contributed by atoms with Gasteiger partial charge in [-0.05, 0) is 38.0 Å². The molecular weight excluding hydrogens is 272 g/mol. The van der Waals surface area contributed by atoms with Crippen LogP contribution in [0.25, 0.3) is 0 Å². The van der Waals surface area contributed by atoms with Gasteiger partial charge in [0.2, 0.25) is 0 Å². The van der Waals surface area contributed by atoms with Crippen LogP contribution < -0.4 is 0 Å². The van der Waals surface area contributed by atoms with Gasteiger partial charge in [0.1, 0.15) is 0 Å². The predicted molar refractivity (Wildman–Crippen MR) is 78.9 cm³/mol. The lowest BCUT2D eigenvalue weighted by Crippen LogP contribution is -2.26. The number of esters is 1. The van der Waals surface area contributed by atoms with Crippen molar-refractivity contribution in [2.24, 2.45) is 17.8 Å². The van der Waals surface area contributed by atoms with Crippen molar-refractivity contribution in [3.63, 3.8) is 0 Å². The van der Waals surface area contributed by atoms with Crippen LogP contribution in [0.4, 0.5) is 0 Å². The summed E-state index contributed by atoms with van der Waals surface area (Å²) in [5, 5.41) is 9.24. The van der Waals surface area contributed by atoms with Crippen LogP contribution in [0.15, 0.2) is 0 Å². The zero-order chi connectivity index (χ0) is 15.7. The van der Waals surface area contributed by atoms with Crippen molar-refractivity contribution in [2.75, 3.05) is 20.3 Å². The van der Waals surface area contributed by atoms with E-state index in [9.17, 15) is 14.7 Å². The van der Waals surface area contributed by atoms with E-state index in [1.54, 1.807) is 7.11 Å². The summed E-state index contributed by atoms with van der Waals surface area (Å²) in [6.07, 6.45) is 5.60. The van der Waals surface area contributed by atoms with Crippen LogP contribution in [0.2, 0.25) is 0 Å². The second kappa shape index (κ2) is 9.77.